The van der Waals surface area contributed by atoms with Gasteiger partial charge in [0.1, 0.15) is 0 Å². The van der Waals surface area contributed by atoms with Crippen molar-refractivity contribution < 1.29 is 9.53 Å². The number of hydrogen-bond acceptors (Lipinski definition) is 5. The van der Waals surface area contributed by atoms with Gasteiger partial charge in [-0.3, -0.25) is 15.0 Å². The fourth-order valence-corrected chi connectivity index (χ4v) is 3.02. The highest BCUT2D eigenvalue weighted by molar-refractivity contribution is 7.13. The molecule has 116 valence electrons. The molecule has 0 bridgehead atoms. The van der Waals surface area contributed by atoms with E-state index in [2.05, 4.69) is 15.2 Å². The lowest BCUT2D eigenvalue weighted by Crippen LogP contribution is -2.35. The molecule has 2 heterocycles. The Labute approximate surface area is 137 Å². The molecule has 3 rings (SSSR count). The summed E-state index contributed by atoms with van der Waals surface area (Å²) in [6.07, 6.45) is 0. The highest BCUT2D eigenvalue weighted by Gasteiger charge is 2.14. The van der Waals surface area contributed by atoms with Gasteiger partial charge in [-0.25, -0.2) is 4.98 Å². The molecule has 1 aliphatic rings. The topological polar surface area (TPSA) is 54.5 Å². The van der Waals surface area contributed by atoms with Crippen LogP contribution in [0.4, 0.5) is 5.13 Å². The summed E-state index contributed by atoms with van der Waals surface area (Å²) in [5.74, 6) is -0.177. The second-order valence-electron chi connectivity index (χ2n) is 4.99. The molecule has 7 heteroatoms. The maximum Gasteiger partial charge on any atom is 0.257 e. The van der Waals surface area contributed by atoms with Crippen LogP contribution in [0.3, 0.4) is 0 Å². The van der Waals surface area contributed by atoms with Gasteiger partial charge in [-0.1, -0.05) is 11.6 Å². The Morgan fingerprint density at radius 2 is 2.05 bits per heavy atom. The van der Waals surface area contributed by atoms with E-state index in [1.165, 1.54) is 11.3 Å². The predicted octanol–water partition coefficient (Wildman–Crippen LogP) is 2.88. The Morgan fingerprint density at radius 3 is 2.77 bits per heavy atom. The summed E-state index contributed by atoms with van der Waals surface area (Å²) in [5, 5.41) is 6.02. The molecular formula is C15H16ClN3O2S. The van der Waals surface area contributed by atoms with Crippen LogP contribution in [0.2, 0.25) is 5.02 Å². The summed E-state index contributed by atoms with van der Waals surface area (Å²) in [5.41, 5.74) is 1.53. The van der Waals surface area contributed by atoms with Gasteiger partial charge in [0.15, 0.2) is 5.13 Å². The monoisotopic (exact) mass is 337 g/mol. The number of anilines is 1. The predicted molar refractivity (Wildman–Crippen MR) is 87.6 cm³/mol. The molecule has 22 heavy (non-hydrogen) atoms. The lowest BCUT2D eigenvalue weighted by atomic mass is 10.2. The number of benzene rings is 1. The number of ether oxygens (including phenoxy) is 1. The normalized spacial score (nSPS) is 15.7. The van der Waals surface area contributed by atoms with E-state index < -0.39 is 0 Å². The molecule has 0 saturated carbocycles. The van der Waals surface area contributed by atoms with Crippen molar-refractivity contribution in [2.75, 3.05) is 31.6 Å². The van der Waals surface area contributed by atoms with Gasteiger partial charge in [0.2, 0.25) is 0 Å². The molecule has 0 spiro atoms. The van der Waals surface area contributed by atoms with Crippen LogP contribution in [0.25, 0.3) is 0 Å². The molecule has 1 amide bonds. The molecule has 1 aromatic heterocycles. The second-order valence-corrected chi connectivity index (χ2v) is 6.29. The number of thiazole rings is 1. The largest absolute Gasteiger partial charge is 0.379 e. The minimum absolute atomic E-state index is 0.177. The number of rotatable bonds is 4. The summed E-state index contributed by atoms with van der Waals surface area (Å²) in [4.78, 5) is 18.9. The van der Waals surface area contributed by atoms with E-state index in [1.807, 2.05) is 5.38 Å². The molecular weight excluding hydrogens is 322 g/mol. The Morgan fingerprint density at radius 1 is 1.32 bits per heavy atom. The number of hydrogen-bond donors (Lipinski definition) is 1. The van der Waals surface area contributed by atoms with Crippen LogP contribution in [0.5, 0.6) is 0 Å². The number of amides is 1. The Kier molecular flexibility index (Phi) is 5.04. The van der Waals surface area contributed by atoms with Crippen molar-refractivity contribution in [1.29, 1.82) is 0 Å². The minimum Gasteiger partial charge on any atom is -0.379 e. The maximum atomic E-state index is 12.1. The van der Waals surface area contributed by atoms with E-state index >= 15 is 0 Å². The highest BCUT2D eigenvalue weighted by Crippen LogP contribution is 2.18. The second kappa shape index (κ2) is 7.19. The maximum absolute atomic E-state index is 12.1. The zero-order chi connectivity index (χ0) is 15.4. The van der Waals surface area contributed by atoms with Gasteiger partial charge in [-0.15, -0.1) is 11.3 Å². The third-order valence-electron chi connectivity index (χ3n) is 3.37. The summed E-state index contributed by atoms with van der Waals surface area (Å²) >= 11 is 7.25. The Bertz CT molecular complexity index is 638. The standard InChI is InChI=1S/C15H16ClN3O2S/c16-12-3-1-11(2-4-12)14(20)18-15-17-13(10-22-15)9-19-5-7-21-8-6-19/h1-4,10H,5-9H2,(H,17,18,20). The van der Waals surface area contributed by atoms with Gasteiger partial charge < -0.3 is 4.74 Å². The third kappa shape index (κ3) is 4.04. The van der Waals surface area contributed by atoms with Crippen molar-refractivity contribution in [2.24, 2.45) is 0 Å². The van der Waals surface area contributed by atoms with Gasteiger partial charge in [-0.2, -0.15) is 0 Å². The summed E-state index contributed by atoms with van der Waals surface area (Å²) < 4.78 is 5.33. The molecule has 0 atom stereocenters. The van der Waals surface area contributed by atoms with Gasteiger partial charge in [0.05, 0.1) is 18.9 Å². The van der Waals surface area contributed by atoms with Crippen LogP contribution < -0.4 is 5.32 Å². The van der Waals surface area contributed by atoms with Crippen molar-refractivity contribution in [1.82, 2.24) is 9.88 Å². The highest BCUT2D eigenvalue weighted by atomic mass is 35.5. The lowest BCUT2D eigenvalue weighted by Gasteiger charge is -2.25. The first-order valence-corrected chi connectivity index (χ1v) is 8.28. The van der Waals surface area contributed by atoms with Crippen molar-refractivity contribution in [2.45, 2.75) is 6.54 Å². The van der Waals surface area contributed by atoms with Gasteiger partial charge in [0.25, 0.3) is 5.91 Å². The lowest BCUT2D eigenvalue weighted by molar-refractivity contribution is 0.0337. The average Bonchev–Trinajstić information content (AvgIpc) is 2.96. The molecule has 1 aliphatic heterocycles. The SMILES string of the molecule is O=C(Nc1nc(CN2CCOCC2)cs1)c1ccc(Cl)cc1. The zero-order valence-electron chi connectivity index (χ0n) is 11.9. The molecule has 1 N–H and O–H groups in total. The minimum atomic E-state index is -0.177. The Balaban J connectivity index is 1.58. The molecule has 0 aliphatic carbocycles. The first-order valence-electron chi connectivity index (χ1n) is 7.02. The number of nitrogens with one attached hydrogen (secondary N) is 1. The number of morpholine rings is 1. The van der Waals surface area contributed by atoms with Crippen LogP contribution in [-0.2, 0) is 11.3 Å². The smallest absolute Gasteiger partial charge is 0.257 e. The molecule has 2 aromatic rings. The number of aromatic nitrogens is 1. The van der Waals surface area contributed by atoms with Crippen LogP contribution in [0.15, 0.2) is 29.6 Å². The van der Waals surface area contributed by atoms with Gasteiger partial charge >= 0.3 is 0 Å². The van der Waals surface area contributed by atoms with Crippen LogP contribution in [0.1, 0.15) is 16.1 Å². The zero-order valence-corrected chi connectivity index (χ0v) is 13.5. The molecule has 5 nitrogen and oxygen atoms in total. The van der Waals surface area contributed by atoms with E-state index in [0.717, 1.165) is 38.5 Å². The van der Waals surface area contributed by atoms with Gasteiger partial charge in [-0.05, 0) is 24.3 Å². The van der Waals surface area contributed by atoms with E-state index in [-0.39, 0.29) is 5.91 Å². The fourth-order valence-electron chi connectivity index (χ4n) is 2.20. The van der Waals surface area contributed by atoms with E-state index in [9.17, 15) is 4.79 Å². The van der Waals surface area contributed by atoms with Crippen molar-refractivity contribution >= 4 is 34.0 Å². The first-order chi connectivity index (χ1) is 10.7. The van der Waals surface area contributed by atoms with Gasteiger partial charge in [0, 0.05) is 35.6 Å². The molecule has 1 fully saturated rings. The van der Waals surface area contributed by atoms with Crippen molar-refractivity contribution in [3.05, 3.63) is 45.9 Å². The molecule has 0 radical (unpaired) electrons. The van der Waals surface area contributed by atoms with Crippen LogP contribution in [-0.4, -0.2) is 42.1 Å². The fraction of sp³-hybridized carbons (Fsp3) is 0.333. The summed E-state index contributed by atoms with van der Waals surface area (Å²) in [7, 11) is 0. The number of carbonyl (C=O) groups is 1. The third-order valence-corrected chi connectivity index (χ3v) is 4.43. The van der Waals surface area contributed by atoms with E-state index in [0.29, 0.717) is 15.7 Å². The molecule has 1 saturated heterocycles. The van der Waals surface area contributed by atoms with Crippen LogP contribution in [0, 0.1) is 0 Å². The Hall–Kier alpha value is -1.47. The van der Waals surface area contributed by atoms with E-state index in [4.69, 9.17) is 16.3 Å². The quantitative estimate of drug-likeness (QED) is 0.932. The van der Waals surface area contributed by atoms with Crippen molar-refractivity contribution in [3.8, 4) is 0 Å². The van der Waals surface area contributed by atoms with E-state index in [1.54, 1.807) is 24.3 Å². The number of nitrogens with zero attached hydrogens (tertiary/aromatic N) is 2. The number of halogens is 1. The number of carbonyl (C=O) groups excluding carboxylic acids is 1. The van der Waals surface area contributed by atoms with Crippen LogP contribution >= 0.6 is 22.9 Å². The summed E-state index contributed by atoms with van der Waals surface area (Å²) in [6.45, 7) is 4.17. The van der Waals surface area contributed by atoms with Crippen molar-refractivity contribution in [3.63, 3.8) is 0 Å². The molecule has 1 aromatic carbocycles. The molecule has 0 unspecified atom stereocenters. The first kappa shape index (κ1) is 15.4. The average molecular weight is 338 g/mol. The summed E-state index contributed by atoms with van der Waals surface area (Å²) in [6, 6.07) is 6.78.